The SMILES string of the molecule is N=C1c2[nH]cnc2N=N[N+]1=O. The molecule has 0 unspecified atom stereocenters. The van der Waals surface area contributed by atoms with Gasteiger partial charge in [0.05, 0.1) is 6.33 Å². The summed E-state index contributed by atoms with van der Waals surface area (Å²) in [7, 11) is 0. The molecule has 1 aromatic heterocycles. The summed E-state index contributed by atoms with van der Waals surface area (Å²) in [5.41, 5.74) is 0.301. The number of nitrogens with one attached hydrogen (secondary N) is 2. The number of fused-ring (bicyclic) bond motifs is 1. The number of hydrogen-bond donors (Lipinski definition) is 2. The highest BCUT2D eigenvalue weighted by molar-refractivity contribution is 5.92. The lowest BCUT2D eigenvalue weighted by Gasteiger charge is -1.92. The summed E-state index contributed by atoms with van der Waals surface area (Å²) in [4.78, 5) is 17.1. The molecule has 7 nitrogen and oxygen atoms in total. The van der Waals surface area contributed by atoms with E-state index in [0.29, 0.717) is 5.69 Å². The van der Waals surface area contributed by atoms with E-state index in [2.05, 4.69) is 20.3 Å². The summed E-state index contributed by atoms with van der Waals surface area (Å²) in [6.45, 7) is 0. The summed E-state index contributed by atoms with van der Waals surface area (Å²) in [6, 6.07) is 0. The Morgan fingerprint density at radius 3 is 3.27 bits per heavy atom. The molecule has 0 bridgehead atoms. The van der Waals surface area contributed by atoms with Crippen LogP contribution in [0, 0.1) is 10.3 Å². The third kappa shape index (κ3) is 0.672. The fraction of sp³-hybridized carbons (Fsp3) is 0. The number of rotatable bonds is 0. The van der Waals surface area contributed by atoms with Crippen LogP contribution in [-0.4, -0.2) is 20.7 Å². The van der Waals surface area contributed by atoms with Crippen molar-refractivity contribution in [1.82, 2.24) is 9.97 Å². The molecule has 1 aromatic rings. The average molecular weight is 151 g/mol. The first-order chi connectivity index (χ1) is 5.29. The second-order valence-electron chi connectivity index (χ2n) is 1.91. The van der Waals surface area contributed by atoms with Crippen LogP contribution in [0.2, 0.25) is 0 Å². The predicted molar refractivity (Wildman–Crippen MR) is 33.6 cm³/mol. The van der Waals surface area contributed by atoms with E-state index < -0.39 is 0 Å². The largest absolute Gasteiger partial charge is 0.350 e. The van der Waals surface area contributed by atoms with E-state index >= 15 is 0 Å². The number of amidine groups is 1. The zero-order chi connectivity index (χ0) is 7.84. The minimum absolute atomic E-state index is 0.126. The summed E-state index contributed by atoms with van der Waals surface area (Å²) < 4.78 is 0. The van der Waals surface area contributed by atoms with Crippen molar-refractivity contribution in [3.63, 3.8) is 0 Å². The van der Waals surface area contributed by atoms with E-state index in [1.54, 1.807) is 0 Å². The van der Waals surface area contributed by atoms with Crippen LogP contribution in [0.3, 0.4) is 0 Å². The number of nitroso groups, excluding NO2 is 1. The highest BCUT2D eigenvalue weighted by Gasteiger charge is 2.28. The Kier molecular flexibility index (Phi) is 0.945. The van der Waals surface area contributed by atoms with Crippen LogP contribution >= 0.6 is 0 Å². The monoisotopic (exact) mass is 151 g/mol. The van der Waals surface area contributed by atoms with Crippen LogP contribution in [-0.2, 0) is 0 Å². The second-order valence-corrected chi connectivity index (χ2v) is 1.91. The molecular formula is C4H3N6O+. The average Bonchev–Trinajstić information content (AvgIpc) is 2.45. The Morgan fingerprint density at radius 2 is 2.45 bits per heavy atom. The van der Waals surface area contributed by atoms with Crippen molar-refractivity contribution >= 4 is 11.7 Å². The van der Waals surface area contributed by atoms with Gasteiger partial charge in [0.1, 0.15) is 10.1 Å². The number of aromatic amines is 1. The van der Waals surface area contributed by atoms with Gasteiger partial charge in [-0.15, -0.1) is 0 Å². The summed E-state index contributed by atoms with van der Waals surface area (Å²) >= 11 is 0. The van der Waals surface area contributed by atoms with Gasteiger partial charge in [0.15, 0.2) is 5.69 Å². The smallest absolute Gasteiger partial charge is 0.336 e. The third-order valence-electron chi connectivity index (χ3n) is 1.27. The fourth-order valence-electron chi connectivity index (χ4n) is 0.760. The van der Waals surface area contributed by atoms with Crippen LogP contribution in [0.5, 0.6) is 0 Å². The number of hydrogen-bond acceptors (Lipinski definition) is 4. The molecule has 0 atom stereocenters. The van der Waals surface area contributed by atoms with Gasteiger partial charge >= 0.3 is 5.84 Å². The standard InChI is InChI=1S/C4H3N6O/c5-3-2-4(7-1-6-2)8-9-10(3)11/h1,5H,(H,6,7)/q+1. The third-order valence-corrected chi connectivity index (χ3v) is 1.27. The second kappa shape index (κ2) is 1.78. The first-order valence-corrected chi connectivity index (χ1v) is 2.80. The van der Waals surface area contributed by atoms with Crippen molar-refractivity contribution in [2.75, 3.05) is 0 Å². The van der Waals surface area contributed by atoms with Crippen molar-refractivity contribution in [3.05, 3.63) is 16.9 Å². The lowest BCUT2D eigenvalue weighted by Crippen LogP contribution is -2.15. The maximum Gasteiger partial charge on any atom is 0.350 e. The van der Waals surface area contributed by atoms with Crippen molar-refractivity contribution < 1.29 is 4.87 Å². The molecule has 7 heteroatoms. The van der Waals surface area contributed by atoms with Crippen molar-refractivity contribution in [2.45, 2.75) is 0 Å². The zero-order valence-electron chi connectivity index (χ0n) is 5.27. The van der Waals surface area contributed by atoms with Crippen LogP contribution < -0.4 is 0 Å². The first kappa shape index (κ1) is 5.83. The molecular weight excluding hydrogens is 148 g/mol. The maximum absolute atomic E-state index is 10.6. The normalized spacial score (nSPS) is 15.3. The summed E-state index contributed by atoms with van der Waals surface area (Å²) in [5.74, 6) is 0.00889. The number of aromatic nitrogens is 2. The summed E-state index contributed by atoms with van der Waals surface area (Å²) in [5, 5.41) is 13.7. The van der Waals surface area contributed by atoms with Crippen LogP contribution in [0.1, 0.15) is 5.69 Å². The molecule has 1 aliphatic heterocycles. The van der Waals surface area contributed by atoms with E-state index in [-0.39, 0.29) is 16.5 Å². The van der Waals surface area contributed by atoms with Crippen molar-refractivity contribution in [1.29, 1.82) is 5.41 Å². The fourth-order valence-corrected chi connectivity index (χ4v) is 0.760. The molecule has 0 fully saturated rings. The van der Waals surface area contributed by atoms with Gasteiger partial charge in [-0.3, -0.25) is 0 Å². The number of nitrogens with zero attached hydrogens (tertiary/aromatic N) is 4. The van der Waals surface area contributed by atoms with Gasteiger partial charge in [-0.25, -0.2) is 0 Å². The molecule has 0 aromatic carbocycles. The van der Waals surface area contributed by atoms with Crippen molar-refractivity contribution in [2.24, 2.45) is 10.3 Å². The van der Waals surface area contributed by atoms with Gasteiger partial charge in [-0.1, -0.05) is 4.91 Å². The number of H-pyrrole nitrogens is 1. The molecule has 0 amide bonds. The molecule has 0 aliphatic carbocycles. The molecule has 2 heterocycles. The van der Waals surface area contributed by atoms with E-state index in [1.807, 2.05) is 0 Å². The Balaban J connectivity index is 2.66. The van der Waals surface area contributed by atoms with Gasteiger partial charge in [-0.05, 0) is 0 Å². The van der Waals surface area contributed by atoms with Crippen LogP contribution in [0.4, 0.5) is 5.82 Å². The van der Waals surface area contributed by atoms with E-state index in [0.717, 1.165) is 0 Å². The molecule has 11 heavy (non-hydrogen) atoms. The molecule has 2 rings (SSSR count). The Bertz CT molecular complexity index is 362. The quantitative estimate of drug-likeness (QED) is 0.528. The topological polar surface area (TPSA) is 97.3 Å². The van der Waals surface area contributed by atoms with Crippen LogP contribution in [0.15, 0.2) is 16.7 Å². The number of imidazole rings is 1. The predicted octanol–water partition coefficient (Wildman–Crippen LogP) is 0.526. The lowest BCUT2D eigenvalue weighted by atomic mass is 10.4. The lowest BCUT2D eigenvalue weighted by molar-refractivity contribution is -0.447. The molecule has 1 aliphatic rings. The Hall–Kier alpha value is -1.92. The van der Waals surface area contributed by atoms with Crippen molar-refractivity contribution in [3.8, 4) is 0 Å². The first-order valence-electron chi connectivity index (χ1n) is 2.80. The highest BCUT2D eigenvalue weighted by Crippen LogP contribution is 2.18. The minimum Gasteiger partial charge on any atom is -0.336 e. The van der Waals surface area contributed by atoms with Crippen LogP contribution in [0.25, 0.3) is 0 Å². The molecule has 54 valence electrons. The Labute approximate surface area is 60.2 Å². The zero-order valence-corrected chi connectivity index (χ0v) is 5.27. The molecule has 0 radical (unpaired) electrons. The van der Waals surface area contributed by atoms with Gasteiger partial charge in [0.2, 0.25) is 0 Å². The Morgan fingerprint density at radius 1 is 1.64 bits per heavy atom. The van der Waals surface area contributed by atoms with Gasteiger partial charge in [0.25, 0.3) is 5.82 Å². The van der Waals surface area contributed by atoms with E-state index in [9.17, 15) is 4.91 Å². The molecule has 2 N–H and O–H groups in total. The minimum atomic E-state index is -0.271. The van der Waals surface area contributed by atoms with Gasteiger partial charge < -0.3 is 4.98 Å². The highest BCUT2D eigenvalue weighted by atomic mass is 16.3. The van der Waals surface area contributed by atoms with Gasteiger partial charge in [0, 0.05) is 5.11 Å². The molecule has 0 saturated carbocycles. The molecule has 0 spiro atoms. The van der Waals surface area contributed by atoms with E-state index in [1.165, 1.54) is 6.33 Å². The maximum atomic E-state index is 10.6. The van der Waals surface area contributed by atoms with Gasteiger partial charge in [-0.2, -0.15) is 10.4 Å². The molecule has 0 saturated heterocycles. The van der Waals surface area contributed by atoms with E-state index in [4.69, 9.17) is 5.41 Å². The summed E-state index contributed by atoms with van der Waals surface area (Å²) in [6.07, 6.45) is 1.36.